The third kappa shape index (κ3) is 3.30. The van der Waals surface area contributed by atoms with Gasteiger partial charge in [0.25, 0.3) is 5.91 Å². The number of rotatable bonds is 4. The highest BCUT2D eigenvalue weighted by Gasteiger charge is 2.49. The van der Waals surface area contributed by atoms with Crippen molar-refractivity contribution in [2.75, 3.05) is 6.54 Å². The molecule has 2 heterocycles. The second-order valence-corrected chi connectivity index (χ2v) is 6.82. The highest BCUT2D eigenvalue weighted by atomic mass is 16.5. The minimum absolute atomic E-state index is 0.175. The highest BCUT2D eigenvalue weighted by Crippen LogP contribution is 2.31. The fourth-order valence-electron chi connectivity index (χ4n) is 3.71. The van der Waals surface area contributed by atoms with Gasteiger partial charge in [-0.3, -0.25) is 9.69 Å². The molecule has 0 N–H and O–H groups in total. The molecule has 0 spiro atoms. The Labute approximate surface area is 157 Å². The molecular formula is C21H20N2O4. The number of carbonyl (C=O) groups excluding carboxylic acids is 3. The van der Waals surface area contributed by atoms with Crippen LogP contribution in [0.2, 0.25) is 0 Å². The zero-order valence-corrected chi connectivity index (χ0v) is 14.8. The van der Waals surface area contributed by atoms with Crippen LogP contribution in [0, 0.1) is 0 Å². The lowest BCUT2D eigenvalue weighted by Crippen LogP contribution is -2.45. The second-order valence-electron chi connectivity index (χ2n) is 6.82. The maximum absolute atomic E-state index is 12.8. The van der Waals surface area contributed by atoms with E-state index in [1.54, 1.807) is 24.3 Å². The SMILES string of the molecule is O=C(OCc1ccccc1)C1CCC2CN1C(=O)N2C(=O)c1ccccc1. The van der Waals surface area contributed by atoms with Crippen molar-refractivity contribution in [2.45, 2.75) is 31.5 Å². The molecule has 6 nitrogen and oxygen atoms in total. The molecule has 27 heavy (non-hydrogen) atoms. The van der Waals surface area contributed by atoms with E-state index in [1.165, 1.54) is 9.80 Å². The van der Waals surface area contributed by atoms with Gasteiger partial charge in [-0.05, 0) is 30.5 Å². The van der Waals surface area contributed by atoms with Crippen molar-refractivity contribution in [3.05, 3.63) is 71.8 Å². The normalized spacial score (nSPS) is 21.3. The lowest BCUT2D eigenvalue weighted by Gasteiger charge is -2.28. The molecular weight excluding hydrogens is 344 g/mol. The number of carbonyl (C=O) groups is 3. The molecule has 2 fully saturated rings. The maximum atomic E-state index is 12.8. The first-order valence-corrected chi connectivity index (χ1v) is 9.05. The minimum Gasteiger partial charge on any atom is -0.459 e. The van der Waals surface area contributed by atoms with Gasteiger partial charge in [0.15, 0.2) is 0 Å². The number of piperidine rings is 1. The van der Waals surface area contributed by atoms with E-state index in [0.29, 0.717) is 24.9 Å². The average Bonchev–Trinajstić information content (AvgIpc) is 2.97. The molecule has 2 unspecified atom stereocenters. The van der Waals surface area contributed by atoms with Gasteiger partial charge in [-0.15, -0.1) is 0 Å². The number of fused-ring (bicyclic) bond motifs is 2. The third-order valence-electron chi connectivity index (χ3n) is 5.11. The van der Waals surface area contributed by atoms with E-state index in [0.717, 1.165) is 5.56 Å². The first-order valence-electron chi connectivity index (χ1n) is 9.05. The predicted molar refractivity (Wildman–Crippen MR) is 97.8 cm³/mol. The van der Waals surface area contributed by atoms with E-state index in [2.05, 4.69) is 0 Å². The van der Waals surface area contributed by atoms with Gasteiger partial charge in [-0.25, -0.2) is 9.59 Å². The van der Waals surface area contributed by atoms with Crippen LogP contribution in [0.5, 0.6) is 0 Å². The van der Waals surface area contributed by atoms with Gasteiger partial charge in [0.2, 0.25) is 0 Å². The Morgan fingerprint density at radius 2 is 1.63 bits per heavy atom. The molecule has 138 valence electrons. The first-order chi connectivity index (χ1) is 13.1. The maximum Gasteiger partial charge on any atom is 0.329 e. The lowest BCUT2D eigenvalue weighted by molar-refractivity contribution is -0.151. The summed E-state index contributed by atoms with van der Waals surface area (Å²) in [5, 5.41) is 0. The summed E-state index contributed by atoms with van der Waals surface area (Å²) in [7, 11) is 0. The van der Waals surface area contributed by atoms with E-state index < -0.39 is 18.0 Å². The van der Waals surface area contributed by atoms with Crippen LogP contribution in [-0.4, -0.2) is 46.3 Å². The summed E-state index contributed by atoms with van der Waals surface area (Å²) in [4.78, 5) is 40.9. The molecule has 2 bridgehead atoms. The van der Waals surface area contributed by atoms with Gasteiger partial charge in [-0.1, -0.05) is 48.5 Å². The van der Waals surface area contributed by atoms with Gasteiger partial charge >= 0.3 is 12.0 Å². The molecule has 0 aromatic heterocycles. The Morgan fingerprint density at radius 3 is 2.33 bits per heavy atom. The highest BCUT2D eigenvalue weighted by molar-refractivity contribution is 6.06. The van der Waals surface area contributed by atoms with Crippen molar-refractivity contribution in [2.24, 2.45) is 0 Å². The van der Waals surface area contributed by atoms with Crippen LogP contribution >= 0.6 is 0 Å². The number of hydrogen-bond donors (Lipinski definition) is 0. The molecule has 2 aromatic carbocycles. The average molecular weight is 364 g/mol. The Bertz CT molecular complexity index is 853. The zero-order chi connectivity index (χ0) is 18.8. The Kier molecular flexibility index (Phi) is 4.62. The van der Waals surface area contributed by atoms with Crippen LogP contribution in [0.25, 0.3) is 0 Å². The van der Waals surface area contributed by atoms with Gasteiger partial charge < -0.3 is 9.64 Å². The molecule has 3 amide bonds. The molecule has 2 aliphatic heterocycles. The van der Waals surface area contributed by atoms with E-state index in [4.69, 9.17) is 4.74 Å². The van der Waals surface area contributed by atoms with Crippen molar-refractivity contribution in [1.29, 1.82) is 0 Å². The summed E-state index contributed by atoms with van der Waals surface area (Å²) < 4.78 is 5.41. The fraction of sp³-hybridized carbons (Fsp3) is 0.286. The standard InChI is InChI=1S/C21H20N2O4/c24-19(16-9-5-2-6-10-16)23-17-11-12-18(22(13-17)21(23)26)20(25)27-14-15-7-3-1-4-8-15/h1-10,17-18H,11-14H2. The Hall–Kier alpha value is -3.15. The van der Waals surface area contributed by atoms with Gasteiger partial charge in [-0.2, -0.15) is 0 Å². The Balaban J connectivity index is 1.44. The van der Waals surface area contributed by atoms with E-state index in [9.17, 15) is 14.4 Å². The van der Waals surface area contributed by atoms with Crippen LogP contribution in [-0.2, 0) is 16.1 Å². The van der Waals surface area contributed by atoms with Crippen molar-refractivity contribution in [1.82, 2.24) is 9.80 Å². The number of amides is 3. The molecule has 2 aromatic rings. The van der Waals surface area contributed by atoms with Crippen LogP contribution in [0.1, 0.15) is 28.8 Å². The van der Waals surface area contributed by atoms with Gasteiger partial charge in [0.05, 0.1) is 6.04 Å². The largest absolute Gasteiger partial charge is 0.459 e. The van der Waals surface area contributed by atoms with Crippen LogP contribution in [0.3, 0.4) is 0 Å². The first kappa shape index (κ1) is 17.3. The predicted octanol–water partition coefficient (Wildman–Crippen LogP) is 2.84. The van der Waals surface area contributed by atoms with E-state index in [1.807, 2.05) is 36.4 Å². The molecule has 2 atom stereocenters. The summed E-state index contributed by atoms with van der Waals surface area (Å²) in [5.41, 5.74) is 1.37. The quantitative estimate of drug-likeness (QED) is 0.783. The topological polar surface area (TPSA) is 66.9 Å². The molecule has 2 saturated heterocycles. The number of ether oxygens (including phenoxy) is 1. The molecule has 2 aliphatic rings. The number of benzene rings is 2. The third-order valence-corrected chi connectivity index (χ3v) is 5.11. The van der Waals surface area contributed by atoms with Crippen LogP contribution < -0.4 is 0 Å². The fourth-order valence-corrected chi connectivity index (χ4v) is 3.71. The zero-order valence-electron chi connectivity index (χ0n) is 14.8. The van der Waals surface area contributed by atoms with Gasteiger partial charge in [0, 0.05) is 12.1 Å². The Morgan fingerprint density at radius 1 is 0.963 bits per heavy atom. The monoisotopic (exact) mass is 364 g/mol. The van der Waals surface area contributed by atoms with Crippen LogP contribution in [0.15, 0.2) is 60.7 Å². The van der Waals surface area contributed by atoms with Gasteiger partial charge in [0.1, 0.15) is 12.6 Å². The summed E-state index contributed by atoms with van der Waals surface area (Å²) in [6, 6.07) is 16.9. The number of hydrogen-bond acceptors (Lipinski definition) is 4. The number of nitrogens with zero attached hydrogens (tertiary/aromatic N) is 2. The molecule has 0 aliphatic carbocycles. The number of urea groups is 1. The molecule has 4 rings (SSSR count). The van der Waals surface area contributed by atoms with Crippen molar-refractivity contribution < 1.29 is 19.1 Å². The van der Waals surface area contributed by atoms with Crippen LogP contribution in [0.4, 0.5) is 4.79 Å². The smallest absolute Gasteiger partial charge is 0.329 e. The molecule has 0 saturated carbocycles. The molecule has 0 radical (unpaired) electrons. The summed E-state index contributed by atoms with van der Waals surface area (Å²) in [6.07, 6.45) is 1.11. The second kappa shape index (κ2) is 7.23. The van der Waals surface area contributed by atoms with Crippen molar-refractivity contribution in [3.63, 3.8) is 0 Å². The number of esters is 1. The molecule has 6 heteroatoms. The number of imide groups is 1. The van der Waals surface area contributed by atoms with Crippen molar-refractivity contribution in [3.8, 4) is 0 Å². The minimum atomic E-state index is -0.633. The van der Waals surface area contributed by atoms with E-state index >= 15 is 0 Å². The van der Waals surface area contributed by atoms with E-state index in [-0.39, 0.29) is 18.6 Å². The summed E-state index contributed by atoms with van der Waals surface area (Å²) >= 11 is 0. The van der Waals surface area contributed by atoms with Crippen molar-refractivity contribution >= 4 is 17.9 Å². The summed E-state index contributed by atoms with van der Waals surface area (Å²) in [5.74, 6) is -0.730. The summed E-state index contributed by atoms with van der Waals surface area (Å²) in [6.45, 7) is 0.552. The lowest BCUT2D eigenvalue weighted by atomic mass is 10.0.